The van der Waals surface area contributed by atoms with E-state index < -0.39 is 0 Å². The third kappa shape index (κ3) is 1.98. The molecule has 0 fully saturated rings. The maximum atomic E-state index is 6.06. The minimum absolute atomic E-state index is 0.719. The van der Waals surface area contributed by atoms with Crippen molar-refractivity contribution in [2.24, 2.45) is 0 Å². The summed E-state index contributed by atoms with van der Waals surface area (Å²) >= 11 is 6.06. The molecule has 2 aromatic carbocycles. The highest BCUT2D eigenvalue weighted by atomic mass is 35.5. The highest BCUT2D eigenvalue weighted by molar-refractivity contribution is 6.31. The summed E-state index contributed by atoms with van der Waals surface area (Å²) in [4.78, 5) is 4.76. The molecule has 3 nitrogen and oxygen atoms in total. The Kier molecular flexibility index (Phi) is 2.69. The summed E-state index contributed by atoms with van der Waals surface area (Å²) in [6, 6.07) is 17.9. The average molecular weight is 294 g/mol. The predicted octanol–water partition coefficient (Wildman–Crippen LogP) is 4.54. The van der Waals surface area contributed by atoms with Gasteiger partial charge in [0.25, 0.3) is 0 Å². The van der Waals surface area contributed by atoms with E-state index in [0.29, 0.717) is 0 Å². The van der Waals surface area contributed by atoms with Crippen molar-refractivity contribution in [2.45, 2.75) is 6.92 Å². The first-order valence-corrected chi connectivity index (χ1v) is 7.11. The van der Waals surface area contributed by atoms with Gasteiger partial charge in [-0.1, -0.05) is 29.8 Å². The molecule has 0 radical (unpaired) electrons. The summed E-state index contributed by atoms with van der Waals surface area (Å²) in [6.07, 6.45) is 0. The van der Waals surface area contributed by atoms with E-state index in [-0.39, 0.29) is 0 Å². The smallest absolute Gasteiger partial charge is 0.163 e. The predicted molar refractivity (Wildman–Crippen MR) is 86.1 cm³/mol. The molecular formula is C17H12ClN3. The molecule has 0 aliphatic heterocycles. The van der Waals surface area contributed by atoms with Crippen LogP contribution >= 0.6 is 11.6 Å². The second kappa shape index (κ2) is 4.57. The first-order valence-electron chi connectivity index (χ1n) is 6.73. The lowest BCUT2D eigenvalue weighted by Crippen LogP contribution is -1.97. The van der Waals surface area contributed by atoms with E-state index in [9.17, 15) is 0 Å². The van der Waals surface area contributed by atoms with Crippen molar-refractivity contribution in [3.8, 4) is 5.69 Å². The molecule has 102 valence electrons. The first kappa shape index (κ1) is 12.4. The molecule has 0 saturated heterocycles. The third-order valence-corrected chi connectivity index (χ3v) is 3.83. The molecule has 0 unspecified atom stereocenters. The summed E-state index contributed by atoms with van der Waals surface area (Å²) in [5, 5.41) is 7.43. The van der Waals surface area contributed by atoms with Crippen LogP contribution in [0.2, 0.25) is 5.02 Å². The van der Waals surface area contributed by atoms with E-state index in [2.05, 4.69) is 11.2 Å². The van der Waals surface area contributed by atoms with Crippen molar-refractivity contribution in [3.63, 3.8) is 0 Å². The fraction of sp³-hybridized carbons (Fsp3) is 0.0588. The Morgan fingerprint density at radius 1 is 1.00 bits per heavy atom. The Hall–Kier alpha value is -2.39. The molecule has 4 heteroatoms. The Bertz CT molecular complexity index is 958. The fourth-order valence-electron chi connectivity index (χ4n) is 2.57. The molecule has 2 aromatic heterocycles. The Morgan fingerprint density at radius 3 is 2.62 bits per heavy atom. The average Bonchev–Trinajstić information content (AvgIpc) is 2.83. The van der Waals surface area contributed by atoms with Crippen LogP contribution in [0.3, 0.4) is 0 Å². The summed E-state index contributed by atoms with van der Waals surface area (Å²) in [5.41, 5.74) is 3.76. The molecular weight excluding hydrogens is 282 g/mol. The Morgan fingerprint density at radius 2 is 1.81 bits per heavy atom. The fourth-order valence-corrected chi connectivity index (χ4v) is 2.75. The van der Waals surface area contributed by atoms with Gasteiger partial charge in [-0.3, -0.25) is 0 Å². The van der Waals surface area contributed by atoms with Gasteiger partial charge in [0.1, 0.15) is 0 Å². The summed E-state index contributed by atoms with van der Waals surface area (Å²) < 4.78 is 1.89. The van der Waals surface area contributed by atoms with Crippen LogP contribution in [0.4, 0.5) is 0 Å². The van der Waals surface area contributed by atoms with Crippen molar-refractivity contribution < 1.29 is 0 Å². The van der Waals surface area contributed by atoms with Gasteiger partial charge in [0.15, 0.2) is 5.65 Å². The molecule has 2 heterocycles. The molecule has 0 spiro atoms. The molecule has 0 aliphatic rings. The van der Waals surface area contributed by atoms with E-state index in [0.717, 1.165) is 38.3 Å². The highest BCUT2D eigenvalue weighted by Gasteiger charge is 2.11. The minimum Gasteiger partial charge on any atom is -0.228 e. The van der Waals surface area contributed by atoms with Gasteiger partial charge in [0.2, 0.25) is 0 Å². The Labute approximate surface area is 126 Å². The van der Waals surface area contributed by atoms with Gasteiger partial charge in [0.05, 0.1) is 16.9 Å². The summed E-state index contributed by atoms with van der Waals surface area (Å²) in [6.45, 7) is 2.00. The molecule has 0 amide bonds. The largest absolute Gasteiger partial charge is 0.228 e. The number of hydrogen-bond acceptors (Lipinski definition) is 2. The van der Waals surface area contributed by atoms with E-state index in [1.54, 1.807) is 0 Å². The van der Waals surface area contributed by atoms with Gasteiger partial charge in [-0.15, -0.1) is 0 Å². The van der Waals surface area contributed by atoms with E-state index >= 15 is 0 Å². The molecule has 0 saturated carbocycles. The number of rotatable bonds is 1. The second-order valence-electron chi connectivity index (χ2n) is 5.03. The van der Waals surface area contributed by atoms with Crippen LogP contribution in [0.25, 0.3) is 27.6 Å². The lowest BCUT2D eigenvalue weighted by Gasteiger charge is -2.03. The number of nitrogens with zero attached hydrogens (tertiary/aromatic N) is 3. The van der Waals surface area contributed by atoms with Gasteiger partial charge >= 0.3 is 0 Å². The summed E-state index contributed by atoms with van der Waals surface area (Å²) in [5.74, 6) is 0. The van der Waals surface area contributed by atoms with E-state index in [4.69, 9.17) is 16.6 Å². The van der Waals surface area contributed by atoms with Gasteiger partial charge in [-0.05, 0) is 43.3 Å². The van der Waals surface area contributed by atoms with Gasteiger partial charge in [0, 0.05) is 15.8 Å². The van der Waals surface area contributed by atoms with Crippen molar-refractivity contribution in [2.75, 3.05) is 0 Å². The van der Waals surface area contributed by atoms with Crippen LogP contribution in [0, 0.1) is 6.92 Å². The molecule has 0 N–H and O–H groups in total. The number of aromatic nitrogens is 3. The first-order chi connectivity index (χ1) is 10.2. The zero-order valence-corrected chi connectivity index (χ0v) is 12.2. The number of halogens is 1. The van der Waals surface area contributed by atoms with Crippen LogP contribution in [0.1, 0.15) is 5.69 Å². The number of aryl methyl sites for hydroxylation is 1. The van der Waals surface area contributed by atoms with Crippen LogP contribution in [0.5, 0.6) is 0 Å². The van der Waals surface area contributed by atoms with Crippen LogP contribution in [-0.4, -0.2) is 14.8 Å². The van der Waals surface area contributed by atoms with Crippen molar-refractivity contribution >= 4 is 33.5 Å². The monoisotopic (exact) mass is 293 g/mol. The number of pyridine rings is 1. The zero-order chi connectivity index (χ0) is 14.4. The van der Waals surface area contributed by atoms with E-state index in [1.165, 1.54) is 0 Å². The maximum Gasteiger partial charge on any atom is 0.163 e. The molecule has 0 atom stereocenters. The lowest BCUT2D eigenvalue weighted by atomic mass is 10.1. The molecule has 0 aliphatic carbocycles. The standard InChI is InChI=1S/C17H12ClN3/c1-11-15-10-12-9-13(18)7-8-16(12)19-17(15)21(20-11)14-5-3-2-4-6-14/h2-10H,1H3. The highest BCUT2D eigenvalue weighted by Crippen LogP contribution is 2.26. The van der Waals surface area contributed by atoms with Gasteiger partial charge in [-0.2, -0.15) is 5.10 Å². The van der Waals surface area contributed by atoms with Crippen LogP contribution < -0.4 is 0 Å². The third-order valence-electron chi connectivity index (χ3n) is 3.60. The van der Waals surface area contributed by atoms with Crippen molar-refractivity contribution in [3.05, 3.63) is 65.3 Å². The second-order valence-corrected chi connectivity index (χ2v) is 5.47. The number of benzene rings is 2. The van der Waals surface area contributed by atoms with Crippen LogP contribution in [0.15, 0.2) is 54.6 Å². The topological polar surface area (TPSA) is 30.7 Å². The molecule has 4 rings (SSSR count). The number of para-hydroxylation sites is 1. The summed E-state index contributed by atoms with van der Waals surface area (Å²) in [7, 11) is 0. The van der Waals surface area contributed by atoms with Gasteiger partial charge in [-0.25, -0.2) is 9.67 Å². The Balaban J connectivity index is 2.08. The lowest BCUT2D eigenvalue weighted by molar-refractivity contribution is 0.879. The van der Waals surface area contributed by atoms with Gasteiger partial charge < -0.3 is 0 Å². The van der Waals surface area contributed by atoms with Crippen molar-refractivity contribution in [1.29, 1.82) is 0 Å². The SMILES string of the molecule is Cc1nn(-c2ccccc2)c2nc3ccc(Cl)cc3cc12. The molecule has 21 heavy (non-hydrogen) atoms. The molecule has 4 aromatic rings. The number of fused-ring (bicyclic) bond motifs is 2. The number of hydrogen-bond donors (Lipinski definition) is 0. The van der Waals surface area contributed by atoms with Crippen LogP contribution in [-0.2, 0) is 0 Å². The minimum atomic E-state index is 0.719. The maximum absolute atomic E-state index is 6.06. The van der Waals surface area contributed by atoms with E-state index in [1.807, 2.05) is 60.1 Å². The normalized spacial score (nSPS) is 11.3. The van der Waals surface area contributed by atoms with Crippen molar-refractivity contribution in [1.82, 2.24) is 14.8 Å². The quantitative estimate of drug-likeness (QED) is 0.516. The zero-order valence-electron chi connectivity index (χ0n) is 11.4. The molecule has 0 bridgehead atoms.